The van der Waals surface area contributed by atoms with E-state index in [9.17, 15) is 13.6 Å². The van der Waals surface area contributed by atoms with Crippen LogP contribution in [0.5, 0.6) is 0 Å². The van der Waals surface area contributed by atoms with Gasteiger partial charge in [0.25, 0.3) is 0 Å². The average molecular weight is 182 g/mol. The normalized spacial score (nSPS) is 11.5. The van der Waals surface area contributed by atoms with Gasteiger partial charge in [0, 0.05) is 0 Å². The Hall–Kier alpha value is -1.51. The molecule has 3 heteroatoms. The Kier molecular flexibility index (Phi) is 2.90. The molecule has 1 rings (SSSR count). The molecule has 0 N–H and O–H groups in total. The number of hydrogen-bond acceptors (Lipinski definition) is 1. The molecule has 1 aromatic carbocycles. The van der Waals surface area contributed by atoms with Gasteiger partial charge in [-0.3, -0.25) is 4.79 Å². The topological polar surface area (TPSA) is 17.1 Å². The van der Waals surface area contributed by atoms with Crippen LogP contribution in [0.15, 0.2) is 23.8 Å². The predicted molar refractivity (Wildman–Crippen MR) is 46.1 cm³/mol. The summed E-state index contributed by atoms with van der Waals surface area (Å²) in [6, 6.07) is 3.48. The molecule has 1 aromatic rings. The first kappa shape index (κ1) is 9.58. The lowest BCUT2D eigenvalue weighted by molar-refractivity contribution is -0.104. The van der Waals surface area contributed by atoms with Gasteiger partial charge in [-0.1, -0.05) is 6.07 Å². The molecule has 0 spiro atoms. The van der Waals surface area contributed by atoms with Crippen LogP contribution in [0.1, 0.15) is 12.5 Å². The molecule has 0 atom stereocenters. The van der Waals surface area contributed by atoms with Gasteiger partial charge in [-0.2, -0.15) is 0 Å². The number of allylic oxidation sites excluding steroid dienone is 1. The van der Waals surface area contributed by atoms with Crippen molar-refractivity contribution in [2.24, 2.45) is 0 Å². The van der Waals surface area contributed by atoms with Gasteiger partial charge in [-0.25, -0.2) is 8.78 Å². The summed E-state index contributed by atoms with van der Waals surface area (Å²) in [5.74, 6) is -1.80. The molecule has 0 saturated carbocycles. The van der Waals surface area contributed by atoms with Crippen LogP contribution in [0.4, 0.5) is 8.78 Å². The van der Waals surface area contributed by atoms with E-state index < -0.39 is 11.6 Å². The van der Waals surface area contributed by atoms with Crippen molar-refractivity contribution >= 4 is 12.4 Å². The van der Waals surface area contributed by atoms with Gasteiger partial charge in [0.15, 0.2) is 11.6 Å². The van der Waals surface area contributed by atoms with E-state index in [4.69, 9.17) is 0 Å². The Balaban J connectivity index is 3.04. The van der Waals surface area contributed by atoms with E-state index in [0.29, 0.717) is 17.4 Å². The van der Waals surface area contributed by atoms with Crippen molar-refractivity contribution in [3.05, 3.63) is 41.0 Å². The Labute approximate surface area is 74.7 Å². The van der Waals surface area contributed by atoms with Gasteiger partial charge in [0.2, 0.25) is 0 Å². The standard InChI is InChI=1S/C10H8F2O/c1-7(6-13)4-8-2-3-9(11)10(12)5-8/h2-6H,1H3/b7-4+. The third kappa shape index (κ3) is 2.47. The molecule has 0 heterocycles. The van der Waals surface area contributed by atoms with E-state index in [-0.39, 0.29) is 0 Å². The quantitative estimate of drug-likeness (QED) is 0.507. The first-order valence-corrected chi connectivity index (χ1v) is 3.72. The molecular weight excluding hydrogens is 174 g/mol. The summed E-state index contributed by atoms with van der Waals surface area (Å²) in [6.07, 6.45) is 2.14. The van der Waals surface area contributed by atoms with Gasteiger partial charge >= 0.3 is 0 Å². The van der Waals surface area contributed by atoms with Crippen LogP contribution >= 0.6 is 0 Å². The summed E-state index contributed by atoms with van der Waals surface area (Å²) < 4.78 is 25.1. The summed E-state index contributed by atoms with van der Waals surface area (Å²) in [7, 11) is 0. The molecule has 68 valence electrons. The summed E-state index contributed by atoms with van der Waals surface area (Å²) in [5, 5.41) is 0. The van der Waals surface area contributed by atoms with E-state index in [1.165, 1.54) is 12.1 Å². The number of halogens is 2. The van der Waals surface area contributed by atoms with Crippen molar-refractivity contribution in [1.82, 2.24) is 0 Å². The van der Waals surface area contributed by atoms with Gasteiger partial charge in [0.1, 0.15) is 6.29 Å². The lowest BCUT2D eigenvalue weighted by Crippen LogP contribution is -1.85. The highest BCUT2D eigenvalue weighted by Crippen LogP contribution is 2.11. The van der Waals surface area contributed by atoms with Crippen LogP contribution in [0.2, 0.25) is 0 Å². The van der Waals surface area contributed by atoms with Gasteiger partial charge in [-0.05, 0) is 36.3 Å². The highest BCUT2D eigenvalue weighted by atomic mass is 19.2. The number of hydrogen-bond donors (Lipinski definition) is 0. The number of aldehydes is 1. The van der Waals surface area contributed by atoms with E-state index in [1.54, 1.807) is 6.92 Å². The minimum absolute atomic E-state index is 0.464. The zero-order valence-electron chi connectivity index (χ0n) is 7.05. The fourth-order valence-corrected chi connectivity index (χ4v) is 0.899. The van der Waals surface area contributed by atoms with E-state index >= 15 is 0 Å². The van der Waals surface area contributed by atoms with Crippen molar-refractivity contribution in [1.29, 1.82) is 0 Å². The van der Waals surface area contributed by atoms with Crippen LogP contribution in [0.3, 0.4) is 0 Å². The largest absolute Gasteiger partial charge is 0.298 e. The van der Waals surface area contributed by atoms with Crippen molar-refractivity contribution in [3.8, 4) is 0 Å². The molecular formula is C10H8F2O. The van der Waals surface area contributed by atoms with Gasteiger partial charge in [0.05, 0.1) is 0 Å². The van der Waals surface area contributed by atoms with Crippen LogP contribution < -0.4 is 0 Å². The highest BCUT2D eigenvalue weighted by molar-refractivity contribution is 5.80. The van der Waals surface area contributed by atoms with Gasteiger partial charge in [-0.15, -0.1) is 0 Å². The lowest BCUT2D eigenvalue weighted by atomic mass is 10.1. The SMILES string of the molecule is C/C(C=O)=C\c1ccc(F)c(F)c1. The average Bonchev–Trinajstić information content (AvgIpc) is 2.11. The Bertz CT molecular complexity index is 356. The first-order valence-electron chi connectivity index (χ1n) is 3.72. The van der Waals surface area contributed by atoms with E-state index in [1.807, 2.05) is 0 Å². The van der Waals surface area contributed by atoms with Crippen molar-refractivity contribution in [3.63, 3.8) is 0 Å². The highest BCUT2D eigenvalue weighted by Gasteiger charge is 2.00. The second kappa shape index (κ2) is 3.94. The Morgan fingerprint density at radius 2 is 2.00 bits per heavy atom. The third-order valence-corrected chi connectivity index (χ3v) is 1.52. The van der Waals surface area contributed by atoms with Gasteiger partial charge < -0.3 is 0 Å². The first-order chi connectivity index (χ1) is 6.13. The molecule has 13 heavy (non-hydrogen) atoms. The maximum atomic E-state index is 12.6. The zero-order valence-corrected chi connectivity index (χ0v) is 7.05. The smallest absolute Gasteiger partial charge is 0.159 e. The van der Waals surface area contributed by atoms with E-state index in [2.05, 4.69) is 0 Å². The van der Waals surface area contributed by atoms with Crippen LogP contribution in [-0.2, 0) is 4.79 Å². The van der Waals surface area contributed by atoms with Crippen molar-refractivity contribution in [2.45, 2.75) is 6.92 Å². The molecule has 0 aliphatic heterocycles. The number of rotatable bonds is 2. The van der Waals surface area contributed by atoms with E-state index in [0.717, 1.165) is 12.1 Å². The van der Waals surface area contributed by atoms with Crippen molar-refractivity contribution < 1.29 is 13.6 Å². The number of benzene rings is 1. The maximum absolute atomic E-state index is 12.6. The zero-order chi connectivity index (χ0) is 9.84. The third-order valence-electron chi connectivity index (χ3n) is 1.52. The fourth-order valence-electron chi connectivity index (χ4n) is 0.899. The molecule has 0 saturated heterocycles. The fraction of sp³-hybridized carbons (Fsp3) is 0.100. The molecule has 0 amide bonds. The summed E-state index contributed by atoms with van der Waals surface area (Å²) >= 11 is 0. The molecule has 0 aromatic heterocycles. The van der Waals surface area contributed by atoms with Crippen molar-refractivity contribution in [2.75, 3.05) is 0 Å². The summed E-state index contributed by atoms with van der Waals surface area (Å²) in [4.78, 5) is 10.2. The number of carbonyl (C=O) groups is 1. The Morgan fingerprint density at radius 1 is 1.31 bits per heavy atom. The van der Waals surface area contributed by atoms with Crippen LogP contribution in [-0.4, -0.2) is 6.29 Å². The minimum atomic E-state index is -0.910. The molecule has 0 aliphatic carbocycles. The molecule has 0 unspecified atom stereocenters. The second-order valence-electron chi connectivity index (χ2n) is 2.68. The predicted octanol–water partition coefficient (Wildman–Crippen LogP) is 2.57. The molecule has 0 fully saturated rings. The molecule has 0 radical (unpaired) electrons. The lowest BCUT2D eigenvalue weighted by Gasteiger charge is -1.95. The summed E-state index contributed by atoms with van der Waals surface area (Å²) in [5.41, 5.74) is 0.939. The molecule has 0 aliphatic rings. The summed E-state index contributed by atoms with van der Waals surface area (Å²) in [6.45, 7) is 1.59. The second-order valence-corrected chi connectivity index (χ2v) is 2.68. The van der Waals surface area contributed by atoms with Crippen LogP contribution in [0, 0.1) is 11.6 Å². The van der Waals surface area contributed by atoms with Crippen LogP contribution in [0.25, 0.3) is 6.08 Å². The molecule has 0 bridgehead atoms. The monoisotopic (exact) mass is 182 g/mol. The Morgan fingerprint density at radius 3 is 2.54 bits per heavy atom. The number of carbonyl (C=O) groups excluding carboxylic acids is 1. The maximum Gasteiger partial charge on any atom is 0.159 e. The minimum Gasteiger partial charge on any atom is -0.298 e. The molecule has 1 nitrogen and oxygen atoms in total.